The molecule has 26 heavy (non-hydrogen) atoms. The fraction of sp³-hybridized carbons (Fsp3) is 0.500. The summed E-state index contributed by atoms with van der Waals surface area (Å²) in [5.74, 6) is 2.48. The van der Waals surface area contributed by atoms with E-state index in [9.17, 15) is 4.79 Å². The molecule has 1 aliphatic heterocycles. The number of carbonyl (C=O) groups is 1. The van der Waals surface area contributed by atoms with Gasteiger partial charge in [-0.2, -0.15) is 0 Å². The van der Waals surface area contributed by atoms with Gasteiger partial charge in [-0.25, -0.2) is 0 Å². The Morgan fingerprint density at radius 3 is 2.54 bits per heavy atom. The molecule has 3 rings (SSSR count). The Kier molecular flexibility index (Phi) is 5.20. The summed E-state index contributed by atoms with van der Waals surface area (Å²) in [4.78, 5) is 14.9. The van der Waals surface area contributed by atoms with Gasteiger partial charge in [0.1, 0.15) is 5.76 Å². The largest absolute Gasteiger partial charge is 0.493 e. The second kappa shape index (κ2) is 7.40. The van der Waals surface area contributed by atoms with Gasteiger partial charge >= 0.3 is 0 Å². The Bertz CT molecular complexity index is 797. The molecule has 0 radical (unpaired) electrons. The van der Waals surface area contributed by atoms with Crippen molar-refractivity contribution in [1.82, 2.24) is 10.1 Å². The molecule has 0 saturated carbocycles. The maximum Gasteiger partial charge on any atom is 0.229 e. The van der Waals surface area contributed by atoms with Crippen molar-refractivity contribution in [3.05, 3.63) is 40.8 Å². The van der Waals surface area contributed by atoms with E-state index in [0.717, 1.165) is 17.7 Å². The molecule has 0 fully saturated rings. The molecule has 1 aliphatic rings. The topological polar surface area (TPSA) is 64.8 Å². The van der Waals surface area contributed by atoms with Crippen LogP contribution in [0.5, 0.6) is 11.5 Å². The molecule has 1 atom stereocenters. The molecule has 6 heteroatoms. The molecule has 0 spiro atoms. The average Bonchev–Trinajstić information content (AvgIpc) is 3.03. The zero-order valence-electron chi connectivity index (χ0n) is 16.0. The van der Waals surface area contributed by atoms with Crippen molar-refractivity contribution in [2.45, 2.75) is 39.7 Å². The van der Waals surface area contributed by atoms with Gasteiger partial charge in [-0.15, -0.1) is 0 Å². The molecular formula is C20H26N2O4. The second-order valence-corrected chi connectivity index (χ2v) is 7.04. The van der Waals surface area contributed by atoms with E-state index in [0.29, 0.717) is 23.7 Å². The molecule has 1 unspecified atom stereocenters. The van der Waals surface area contributed by atoms with Gasteiger partial charge in [0.05, 0.1) is 32.4 Å². The maximum atomic E-state index is 13.0. The van der Waals surface area contributed by atoms with E-state index < -0.39 is 0 Å². The number of methoxy groups -OCH3 is 2. The number of carbonyl (C=O) groups excluding carboxylic acids is 1. The van der Waals surface area contributed by atoms with Crippen LogP contribution in [0.1, 0.15) is 42.5 Å². The van der Waals surface area contributed by atoms with Crippen LogP contribution in [0.25, 0.3) is 0 Å². The summed E-state index contributed by atoms with van der Waals surface area (Å²) in [6.07, 6.45) is 1.05. The monoisotopic (exact) mass is 358 g/mol. The van der Waals surface area contributed by atoms with E-state index in [2.05, 4.69) is 19.0 Å². The molecule has 0 aliphatic carbocycles. The standard InChI is InChI=1S/C20H26N2O4/c1-12(2)20-16-11-18(25-5)17(24-4)9-14(16)6-7-22(20)19(23)10-15-8-13(3)26-21-15/h8-9,11-12,20H,6-7,10H2,1-5H3. The minimum absolute atomic E-state index is 0.000876. The number of rotatable bonds is 5. The number of aryl methyl sites for hydroxylation is 1. The van der Waals surface area contributed by atoms with E-state index in [-0.39, 0.29) is 24.3 Å². The predicted molar refractivity (Wildman–Crippen MR) is 97.5 cm³/mol. The number of nitrogens with zero attached hydrogens (tertiary/aromatic N) is 2. The molecule has 2 heterocycles. The molecule has 140 valence electrons. The van der Waals surface area contributed by atoms with Gasteiger partial charge in [0.25, 0.3) is 0 Å². The first-order valence-electron chi connectivity index (χ1n) is 8.91. The number of amides is 1. The number of hydrogen-bond donors (Lipinski definition) is 0. The van der Waals surface area contributed by atoms with E-state index in [1.165, 1.54) is 5.56 Å². The van der Waals surface area contributed by atoms with Gasteiger partial charge in [0, 0.05) is 12.6 Å². The number of benzene rings is 1. The van der Waals surface area contributed by atoms with E-state index in [4.69, 9.17) is 14.0 Å². The van der Waals surface area contributed by atoms with E-state index in [1.807, 2.05) is 30.0 Å². The van der Waals surface area contributed by atoms with E-state index >= 15 is 0 Å². The Balaban J connectivity index is 1.93. The third-order valence-electron chi connectivity index (χ3n) is 4.88. The highest BCUT2D eigenvalue weighted by Crippen LogP contribution is 2.41. The molecule has 1 aromatic heterocycles. The van der Waals surface area contributed by atoms with Crippen LogP contribution in [0.3, 0.4) is 0 Å². The van der Waals surface area contributed by atoms with Crippen LogP contribution >= 0.6 is 0 Å². The van der Waals surface area contributed by atoms with E-state index in [1.54, 1.807) is 14.2 Å². The van der Waals surface area contributed by atoms with Crippen molar-refractivity contribution >= 4 is 5.91 Å². The number of fused-ring (bicyclic) bond motifs is 1. The van der Waals surface area contributed by atoms with Crippen LogP contribution in [0.15, 0.2) is 22.7 Å². The molecular weight excluding hydrogens is 332 g/mol. The van der Waals surface area contributed by atoms with Crippen LogP contribution in [-0.2, 0) is 17.6 Å². The second-order valence-electron chi connectivity index (χ2n) is 7.04. The number of aromatic nitrogens is 1. The third-order valence-corrected chi connectivity index (χ3v) is 4.88. The molecule has 1 amide bonds. The fourth-order valence-electron chi connectivity index (χ4n) is 3.73. The minimum Gasteiger partial charge on any atom is -0.493 e. The van der Waals surface area contributed by atoms with Crippen molar-refractivity contribution in [2.24, 2.45) is 5.92 Å². The molecule has 6 nitrogen and oxygen atoms in total. The lowest BCUT2D eigenvalue weighted by atomic mass is 9.85. The summed E-state index contributed by atoms with van der Waals surface area (Å²) >= 11 is 0. The Morgan fingerprint density at radius 2 is 1.96 bits per heavy atom. The van der Waals surface area contributed by atoms with Crippen LogP contribution in [-0.4, -0.2) is 36.7 Å². The van der Waals surface area contributed by atoms with Crippen molar-refractivity contribution < 1.29 is 18.8 Å². The molecule has 1 aromatic carbocycles. The lowest BCUT2D eigenvalue weighted by molar-refractivity contribution is -0.134. The first-order chi connectivity index (χ1) is 12.4. The lowest BCUT2D eigenvalue weighted by Gasteiger charge is -2.40. The van der Waals surface area contributed by atoms with Gasteiger partial charge < -0.3 is 18.9 Å². The summed E-state index contributed by atoms with van der Waals surface area (Å²) in [5, 5.41) is 3.96. The molecule has 2 aromatic rings. The van der Waals surface area contributed by atoms with Crippen LogP contribution in [0.2, 0.25) is 0 Å². The molecule has 0 saturated heterocycles. The fourth-order valence-corrected chi connectivity index (χ4v) is 3.73. The first kappa shape index (κ1) is 18.3. The van der Waals surface area contributed by atoms with Crippen LogP contribution < -0.4 is 9.47 Å². The smallest absolute Gasteiger partial charge is 0.229 e. The summed E-state index contributed by atoms with van der Waals surface area (Å²) < 4.78 is 16.0. The van der Waals surface area contributed by atoms with Gasteiger partial charge in [-0.3, -0.25) is 4.79 Å². The van der Waals surface area contributed by atoms with Gasteiger partial charge in [0.2, 0.25) is 5.91 Å². The quantitative estimate of drug-likeness (QED) is 0.820. The summed E-state index contributed by atoms with van der Waals surface area (Å²) in [7, 11) is 3.27. The van der Waals surface area contributed by atoms with Crippen molar-refractivity contribution in [3.8, 4) is 11.5 Å². The van der Waals surface area contributed by atoms with Crippen molar-refractivity contribution in [2.75, 3.05) is 20.8 Å². The zero-order valence-corrected chi connectivity index (χ0v) is 16.0. The molecule has 0 bridgehead atoms. The predicted octanol–water partition coefficient (Wildman–Crippen LogP) is 3.32. The van der Waals surface area contributed by atoms with Crippen molar-refractivity contribution in [1.29, 1.82) is 0 Å². The summed E-state index contributed by atoms with van der Waals surface area (Å²) in [6.45, 7) is 6.78. The SMILES string of the molecule is COc1cc2c(cc1OC)C(C(C)C)N(C(=O)Cc1cc(C)on1)CC2. The Hall–Kier alpha value is -2.50. The highest BCUT2D eigenvalue weighted by molar-refractivity contribution is 5.79. The zero-order chi connectivity index (χ0) is 18.8. The minimum atomic E-state index is -0.000876. The third kappa shape index (κ3) is 3.41. The maximum absolute atomic E-state index is 13.0. The van der Waals surface area contributed by atoms with Crippen LogP contribution in [0.4, 0.5) is 0 Å². The van der Waals surface area contributed by atoms with Gasteiger partial charge in [-0.05, 0) is 42.5 Å². The number of hydrogen-bond acceptors (Lipinski definition) is 5. The highest BCUT2D eigenvalue weighted by atomic mass is 16.5. The Labute approximate surface area is 154 Å². The van der Waals surface area contributed by atoms with Gasteiger partial charge in [0.15, 0.2) is 11.5 Å². The number of ether oxygens (including phenoxy) is 2. The Morgan fingerprint density at radius 1 is 1.27 bits per heavy atom. The average molecular weight is 358 g/mol. The van der Waals surface area contributed by atoms with Gasteiger partial charge in [-0.1, -0.05) is 19.0 Å². The highest BCUT2D eigenvalue weighted by Gasteiger charge is 2.34. The lowest BCUT2D eigenvalue weighted by Crippen LogP contribution is -2.43. The normalized spacial score (nSPS) is 16.5. The van der Waals surface area contributed by atoms with Crippen LogP contribution in [0, 0.1) is 12.8 Å². The summed E-state index contributed by atoms with van der Waals surface area (Å²) in [5.41, 5.74) is 3.02. The first-order valence-corrected chi connectivity index (χ1v) is 8.91. The molecule has 0 N–H and O–H groups in total. The summed E-state index contributed by atoms with van der Waals surface area (Å²) in [6, 6.07) is 5.86. The van der Waals surface area contributed by atoms with Crippen molar-refractivity contribution in [3.63, 3.8) is 0 Å².